The zero-order chi connectivity index (χ0) is 17.1. The number of hydrogen-bond acceptors (Lipinski definition) is 3. The van der Waals surface area contributed by atoms with E-state index in [4.69, 9.17) is 29.6 Å². The Morgan fingerprint density at radius 3 is 2.88 bits per heavy atom. The number of rotatable bonds is 4. The van der Waals surface area contributed by atoms with Crippen LogP contribution in [-0.4, -0.2) is 10.9 Å². The van der Waals surface area contributed by atoms with Crippen LogP contribution in [0.4, 0.5) is 5.69 Å². The van der Waals surface area contributed by atoms with Crippen molar-refractivity contribution in [2.45, 2.75) is 12.8 Å². The van der Waals surface area contributed by atoms with Crippen molar-refractivity contribution in [1.29, 1.82) is 0 Å². The number of benzene rings is 2. The maximum atomic E-state index is 11.8. The van der Waals surface area contributed by atoms with Gasteiger partial charge < -0.3 is 5.32 Å². The highest BCUT2D eigenvalue weighted by Gasteiger charge is 2.12. The Morgan fingerprint density at radius 1 is 1.25 bits per heavy atom. The average Bonchev–Trinajstić information content (AvgIpc) is 2.97. The fraction of sp³-hybridized carbons (Fsp3) is 0.111. The Hall–Kier alpha value is -2.06. The second-order valence-corrected chi connectivity index (χ2v) is 6.95. The fourth-order valence-electron chi connectivity index (χ4n) is 2.19. The summed E-state index contributed by atoms with van der Waals surface area (Å²) in [4.78, 5) is 16.4. The Bertz CT molecular complexity index is 959. The second-order valence-electron chi connectivity index (χ2n) is 5.08. The number of aromatic nitrogens is 1. The van der Waals surface area contributed by atoms with Crippen LogP contribution in [0.2, 0.25) is 10.0 Å². The summed E-state index contributed by atoms with van der Waals surface area (Å²) < 4.78 is 1.02. The molecule has 0 aliphatic carbocycles. The van der Waals surface area contributed by atoms with Gasteiger partial charge in [-0.25, -0.2) is 4.98 Å². The molecule has 1 aromatic heterocycles. The van der Waals surface area contributed by atoms with Crippen LogP contribution in [0.5, 0.6) is 0 Å². The van der Waals surface area contributed by atoms with E-state index in [1.165, 1.54) is 11.3 Å². The Labute approximate surface area is 153 Å². The van der Waals surface area contributed by atoms with Gasteiger partial charge >= 0.3 is 0 Å². The van der Waals surface area contributed by atoms with E-state index in [9.17, 15) is 4.79 Å². The molecule has 0 unspecified atom stereocenters. The summed E-state index contributed by atoms with van der Waals surface area (Å²) in [6, 6.07) is 10.9. The monoisotopic (exact) mass is 374 g/mol. The van der Waals surface area contributed by atoms with Gasteiger partial charge in [0.05, 0.1) is 15.2 Å². The summed E-state index contributed by atoms with van der Waals surface area (Å²) in [6.07, 6.45) is 5.87. The molecule has 1 amide bonds. The minimum atomic E-state index is -0.127. The molecule has 6 heteroatoms. The van der Waals surface area contributed by atoms with E-state index in [0.29, 0.717) is 22.2 Å². The molecule has 120 valence electrons. The molecule has 1 N–H and O–H groups in total. The normalized spacial score (nSPS) is 10.5. The molecule has 0 bridgehead atoms. The van der Waals surface area contributed by atoms with Crippen molar-refractivity contribution in [3.05, 3.63) is 46.4 Å². The maximum absolute atomic E-state index is 11.8. The first-order valence-electron chi connectivity index (χ1n) is 7.16. The standard InChI is InChI=1S/C18H12Cl2N2OS/c1-2-3-4-17(23)21-12-6-7-14(20)13(10-12)18-22-15-9-11(19)5-8-16(15)24-18/h1,5-10H,3-4H2,(H,21,23). The number of anilines is 1. The number of thiazole rings is 1. The average molecular weight is 375 g/mol. The molecule has 0 aliphatic heterocycles. The van der Waals surface area contributed by atoms with Crippen LogP contribution < -0.4 is 5.32 Å². The minimum Gasteiger partial charge on any atom is -0.326 e. The SMILES string of the molecule is C#CCCC(=O)Nc1ccc(Cl)c(-c2nc3cc(Cl)ccc3s2)c1. The largest absolute Gasteiger partial charge is 0.326 e. The molecule has 0 fully saturated rings. The van der Waals surface area contributed by atoms with Crippen molar-refractivity contribution in [2.75, 3.05) is 5.32 Å². The first kappa shape index (κ1) is 16.8. The second kappa shape index (κ2) is 7.23. The van der Waals surface area contributed by atoms with Gasteiger partial charge in [-0.1, -0.05) is 23.2 Å². The lowest BCUT2D eigenvalue weighted by atomic mass is 10.2. The van der Waals surface area contributed by atoms with E-state index in [2.05, 4.69) is 16.2 Å². The molecular formula is C18H12Cl2N2OS. The number of terminal acetylenes is 1. The predicted octanol–water partition coefficient (Wildman–Crippen LogP) is 5.62. The molecule has 0 saturated carbocycles. The molecule has 0 spiro atoms. The molecule has 3 nitrogen and oxygen atoms in total. The summed E-state index contributed by atoms with van der Waals surface area (Å²) in [5.74, 6) is 2.32. The predicted molar refractivity (Wildman–Crippen MR) is 102 cm³/mol. The third-order valence-electron chi connectivity index (χ3n) is 3.33. The molecule has 0 atom stereocenters. The Morgan fingerprint density at radius 2 is 2.08 bits per heavy atom. The summed E-state index contributed by atoms with van der Waals surface area (Å²) in [7, 11) is 0. The third-order valence-corrected chi connectivity index (χ3v) is 4.96. The van der Waals surface area contributed by atoms with Crippen LogP contribution in [0, 0.1) is 12.3 Å². The number of fused-ring (bicyclic) bond motifs is 1. The summed E-state index contributed by atoms with van der Waals surface area (Å²) in [5.41, 5.74) is 2.25. The summed E-state index contributed by atoms with van der Waals surface area (Å²) >= 11 is 13.8. The van der Waals surface area contributed by atoms with E-state index in [1.54, 1.807) is 12.1 Å². The molecular weight excluding hydrogens is 363 g/mol. The maximum Gasteiger partial charge on any atom is 0.225 e. The fourth-order valence-corrected chi connectivity index (χ4v) is 3.60. The number of nitrogens with zero attached hydrogens (tertiary/aromatic N) is 1. The zero-order valence-corrected chi connectivity index (χ0v) is 14.8. The summed E-state index contributed by atoms with van der Waals surface area (Å²) in [6.45, 7) is 0. The lowest BCUT2D eigenvalue weighted by Crippen LogP contribution is -2.10. The van der Waals surface area contributed by atoms with Crippen LogP contribution in [0.1, 0.15) is 12.8 Å². The molecule has 2 aromatic carbocycles. The van der Waals surface area contributed by atoms with Crippen molar-refractivity contribution in [3.63, 3.8) is 0 Å². The first-order valence-corrected chi connectivity index (χ1v) is 8.73. The minimum absolute atomic E-state index is 0.127. The van der Waals surface area contributed by atoms with Gasteiger partial charge in [-0.2, -0.15) is 0 Å². The topological polar surface area (TPSA) is 42.0 Å². The number of halogens is 2. The van der Waals surface area contributed by atoms with Crippen molar-refractivity contribution in [2.24, 2.45) is 0 Å². The van der Waals surface area contributed by atoms with Crippen molar-refractivity contribution in [3.8, 4) is 22.9 Å². The molecule has 0 radical (unpaired) electrons. The van der Waals surface area contributed by atoms with Crippen LogP contribution in [-0.2, 0) is 4.79 Å². The van der Waals surface area contributed by atoms with Gasteiger partial charge in [0.25, 0.3) is 0 Å². The van der Waals surface area contributed by atoms with Crippen LogP contribution >= 0.6 is 34.5 Å². The van der Waals surface area contributed by atoms with E-state index in [0.717, 1.165) is 20.8 Å². The number of nitrogens with one attached hydrogen (secondary N) is 1. The van der Waals surface area contributed by atoms with Gasteiger partial charge in [-0.05, 0) is 36.4 Å². The number of amides is 1. The zero-order valence-electron chi connectivity index (χ0n) is 12.5. The van der Waals surface area contributed by atoms with Gasteiger partial charge in [-0.15, -0.1) is 23.7 Å². The first-order chi connectivity index (χ1) is 11.6. The van der Waals surface area contributed by atoms with Crippen LogP contribution in [0.3, 0.4) is 0 Å². The van der Waals surface area contributed by atoms with E-state index < -0.39 is 0 Å². The van der Waals surface area contributed by atoms with Crippen LogP contribution in [0.25, 0.3) is 20.8 Å². The van der Waals surface area contributed by atoms with Crippen molar-refractivity contribution in [1.82, 2.24) is 4.98 Å². The molecule has 0 aliphatic rings. The number of hydrogen-bond donors (Lipinski definition) is 1. The Balaban J connectivity index is 1.93. The van der Waals surface area contributed by atoms with Gasteiger partial charge in [0.1, 0.15) is 5.01 Å². The van der Waals surface area contributed by atoms with Gasteiger partial charge in [0.2, 0.25) is 5.91 Å². The molecule has 24 heavy (non-hydrogen) atoms. The molecule has 3 aromatic rings. The van der Waals surface area contributed by atoms with E-state index in [-0.39, 0.29) is 12.3 Å². The van der Waals surface area contributed by atoms with E-state index in [1.807, 2.05) is 24.3 Å². The van der Waals surface area contributed by atoms with Crippen molar-refractivity contribution < 1.29 is 4.79 Å². The van der Waals surface area contributed by atoms with Crippen LogP contribution in [0.15, 0.2) is 36.4 Å². The quantitative estimate of drug-likeness (QED) is 0.601. The summed E-state index contributed by atoms with van der Waals surface area (Å²) in [5, 5.41) is 4.80. The molecule has 1 heterocycles. The molecule has 0 saturated heterocycles. The number of carbonyl (C=O) groups excluding carboxylic acids is 1. The van der Waals surface area contributed by atoms with Gasteiger partial charge in [0, 0.05) is 29.1 Å². The third kappa shape index (κ3) is 3.70. The van der Waals surface area contributed by atoms with Gasteiger partial charge in [0.15, 0.2) is 0 Å². The van der Waals surface area contributed by atoms with Crippen molar-refractivity contribution >= 4 is 56.3 Å². The Kier molecular flexibility index (Phi) is 5.06. The highest BCUT2D eigenvalue weighted by molar-refractivity contribution is 7.21. The lowest BCUT2D eigenvalue weighted by Gasteiger charge is -2.07. The highest BCUT2D eigenvalue weighted by Crippen LogP contribution is 2.36. The lowest BCUT2D eigenvalue weighted by molar-refractivity contribution is -0.116. The molecule has 3 rings (SSSR count). The van der Waals surface area contributed by atoms with E-state index >= 15 is 0 Å². The number of carbonyl (C=O) groups is 1. The highest BCUT2D eigenvalue weighted by atomic mass is 35.5. The van der Waals surface area contributed by atoms with Gasteiger partial charge in [-0.3, -0.25) is 4.79 Å². The smallest absolute Gasteiger partial charge is 0.225 e.